The fourth-order valence-corrected chi connectivity index (χ4v) is 2.23. The molecule has 0 spiro atoms. The van der Waals surface area contributed by atoms with Crippen molar-refractivity contribution in [3.8, 4) is 17.2 Å². The molecule has 6 heteroatoms. The van der Waals surface area contributed by atoms with Crippen molar-refractivity contribution < 1.29 is 9.15 Å². The quantitative estimate of drug-likeness (QED) is 0.827. The minimum atomic E-state index is 0.530. The summed E-state index contributed by atoms with van der Waals surface area (Å²) in [5.41, 5.74) is 0.875. The molecule has 0 aliphatic carbocycles. The number of halogens is 1. The molecule has 1 N–H and O–H groups in total. The van der Waals surface area contributed by atoms with Crippen LogP contribution in [0.15, 0.2) is 27.1 Å². The molecule has 0 aliphatic heterocycles. The minimum Gasteiger partial charge on any atom is -0.496 e. The molecule has 0 amide bonds. The van der Waals surface area contributed by atoms with Gasteiger partial charge in [0.2, 0.25) is 11.8 Å². The molecule has 0 unspecified atom stereocenters. The van der Waals surface area contributed by atoms with Crippen LogP contribution in [0.4, 0.5) is 0 Å². The van der Waals surface area contributed by atoms with Crippen LogP contribution in [0.3, 0.4) is 0 Å². The first-order chi connectivity index (χ1) is 9.24. The number of hydrogen-bond acceptors (Lipinski definition) is 5. The maximum absolute atomic E-state index is 5.63. The van der Waals surface area contributed by atoms with Gasteiger partial charge >= 0.3 is 0 Å². The Labute approximate surface area is 120 Å². The van der Waals surface area contributed by atoms with Crippen LogP contribution in [-0.2, 0) is 6.42 Å². The number of nitrogens with one attached hydrogen (secondary N) is 1. The van der Waals surface area contributed by atoms with Crippen molar-refractivity contribution in [2.24, 2.45) is 0 Å². The zero-order chi connectivity index (χ0) is 13.7. The van der Waals surface area contributed by atoms with Crippen molar-refractivity contribution in [2.45, 2.75) is 12.8 Å². The van der Waals surface area contributed by atoms with Crippen LogP contribution in [0.25, 0.3) is 11.5 Å². The standard InChI is InChI=1S/C13H16BrN3O2/c1-15-7-3-4-12-16-17-13(19-12)9-5-6-11(18-2)10(14)8-9/h5-6,8,15H,3-4,7H2,1-2H3. The van der Waals surface area contributed by atoms with Gasteiger partial charge in [-0.1, -0.05) is 0 Å². The van der Waals surface area contributed by atoms with Gasteiger partial charge in [0.25, 0.3) is 0 Å². The second-order valence-corrected chi connectivity index (χ2v) is 4.91. The predicted octanol–water partition coefficient (Wildman–Crippen LogP) is 2.66. The van der Waals surface area contributed by atoms with E-state index in [9.17, 15) is 0 Å². The Morgan fingerprint density at radius 3 is 2.89 bits per heavy atom. The lowest BCUT2D eigenvalue weighted by Gasteiger charge is -2.03. The van der Waals surface area contributed by atoms with Gasteiger partial charge in [-0.15, -0.1) is 10.2 Å². The summed E-state index contributed by atoms with van der Waals surface area (Å²) in [6.45, 7) is 0.936. The molecule has 0 bridgehead atoms. The number of rotatable bonds is 6. The molecule has 102 valence electrons. The molecule has 1 aromatic carbocycles. The van der Waals surface area contributed by atoms with Crippen molar-refractivity contribution in [1.82, 2.24) is 15.5 Å². The number of benzene rings is 1. The Kier molecular flexibility index (Phi) is 4.93. The highest BCUT2D eigenvalue weighted by atomic mass is 79.9. The van der Waals surface area contributed by atoms with Crippen LogP contribution in [0.5, 0.6) is 5.75 Å². The van der Waals surface area contributed by atoms with Crippen molar-refractivity contribution in [1.29, 1.82) is 0 Å². The van der Waals surface area contributed by atoms with E-state index in [-0.39, 0.29) is 0 Å². The topological polar surface area (TPSA) is 60.2 Å². The molecular weight excluding hydrogens is 310 g/mol. The average molecular weight is 326 g/mol. The zero-order valence-corrected chi connectivity index (χ0v) is 12.5. The van der Waals surface area contributed by atoms with E-state index in [4.69, 9.17) is 9.15 Å². The molecule has 0 saturated heterocycles. The van der Waals surface area contributed by atoms with Crippen LogP contribution < -0.4 is 10.1 Å². The summed E-state index contributed by atoms with van der Waals surface area (Å²) in [5.74, 6) is 1.97. The molecule has 0 radical (unpaired) electrons. The summed E-state index contributed by atoms with van der Waals surface area (Å²) in [6.07, 6.45) is 1.76. The normalized spacial score (nSPS) is 10.7. The lowest BCUT2D eigenvalue weighted by Crippen LogP contribution is -2.08. The largest absolute Gasteiger partial charge is 0.496 e. The van der Waals surface area contributed by atoms with Crippen LogP contribution in [0.2, 0.25) is 0 Å². The van der Waals surface area contributed by atoms with Gasteiger partial charge in [-0.25, -0.2) is 0 Å². The number of methoxy groups -OCH3 is 1. The van der Waals surface area contributed by atoms with E-state index in [1.54, 1.807) is 7.11 Å². The Hall–Kier alpha value is -1.40. The average Bonchev–Trinajstić information content (AvgIpc) is 2.88. The Morgan fingerprint density at radius 2 is 2.21 bits per heavy atom. The third kappa shape index (κ3) is 3.54. The van der Waals surface area contributed by atoms with Gasteiger partial charge in [-0.3, -0.25) is 0 Å². The first kappa shape index (κ1) is 14.0. The molecule has 19 heavy (non-hydrogen) atoms. The highest BCUT2D eigenvalue weighted by Gasteiger charge is 2.10. The number of ether oxygens (including phenoxy) is 1. The number of aromatic nitrogens is 2. The Morgan fingerprint density at radius 1 is 1.37 bits per heavy atom. The Bertz CT molecular complexity index is 542. The summed E-state index contributed by atoms with van der Waals surface area (Å²) in [5, 5.41) is 11.2. The second-order valence-electron chi connectivity index (χ2n) is 4.06. The van der Waals surface area contributed by atoms with E-state index >= 15 is 0 Å². The van der Waals surface area contributed by atoms with Gasteiger partial charge < -0.3 is 14.5 Å². The van der Waals surface area contributed by atoms with Gasteiger partial charge in [0.05, 0.1) is 11.6 Å². The molecule has 2 aromatic rings. The van der Waals surface area contributed by atoms with Crippen molar-refractivity contribution in [3.05, 3.63) is 28.6 Å². The first-order valence-electron chi connectivity index (χ1n) is 6.05. The van der Waals surface area contributed by atoms with E-state index < -0.39 is 0 Å². The van der Waals surface area contributed by atoms with E-state index in [2.05, 4.69) is 31.4 Å². The lowest BCUT2D eigenvalue weighted by atomic mass is 10.2. The number of nitrogens with zero attached hydrogens (tertiary/aromatic N) is 2. The molecule has 0 aliphatic rings. The number of aryl methyl sites for hydroxylation is 1. The Balaban J connectivity index is 2.11. The molecule has 1 heterocycles. The molecular formula is C13H16BrN3O2. The summed E-state index contributed by atoms with van der Waals surface area (Å²) in [6, 6.07) is 5.67. The van der Waals surface area contributed by atoms with Crippen LogP contribution in [0.1, 0.15) is 12.3 Å². The SMILES string of the molecule is CNCCCc1nnc(-c2ccc(OC)c(Br)c2)o1. The summed E-state index contributed by atoms with van der Waals surface area (Å²) in [4.78, 5) is 0. The fourth-order valence-electron chi connectivity index (χ4n) is 1.69. The molecule has 2 rings (SSSR count). The molecule has 1 aromatic heterocycles. The molecule has 0 fully saturated rings. The van der Waals surface area contributed by atoms with Gasteiger partial charge in [0, 0.05) is 12.0 Å². The van der Waals surface area contributed by atoms with Gasteiger partial charge in [-0.05, 0) is 54.1 Å². The first-order valence-corrected chi connectivity index (χ1v) is 6.84. The van der Waals surface area contributed by atoms with Crippen LogP contribution in [0, 0.1) is 0 Å². The van der Waals surface area contributed by atoms with Crippen molar-refractivity contribution >= 4 is 15.9 Å². The van der Waals surface area contributed by atoms with Gasteiger partial charge in [0.1, 0.15) is 5.75 Å². The summed E-state index contributed by atoms with van der Waals surface area (Å²) in [7, 11) is 3.56. The highest BCUT2D eigenvalue weighted by Crippen LogP contribution is 2.29. The van der Waals surface area contributed by atoms with Gasteiger partial charge in [0.15, 0.2) is 0 Å². The predicted molar refractivity (Wildman–Crippen MR) is 76.2 cm³/mol. The fraction of sp³-hybridized carbons (Fsp3) is 0.385. The summed E-state index contributed by atoms with van der Waals surface area (Å²) >= 11 is 3.44. The van der Waals surface area contributed by atoms with Gasteiger partial charge in [-0.2, -0.15) is 0 Å². The molecule has 5 nitrogen and oxygen atoms in total. The highest BCUT2D eigenvalue weighted by molar-refractivity contribution is 9.10. The van der Waals surface area contributed by atoms with Crippen molar-refractivity contribution in [2.75, 3.05) is 20.7 Å². The lowest BCUT2D eigenvalue weighted by molar-refractivity contribution is 0.412. The molecule has 0 atom stereocenters. The third-order valence-corrected chi connectivity index (χ3v) is 3.30. The second kappa shape index (κ2) is 6.68. The van der Waals surface area contributed by atoms with E-state index in [0.29, 0.717) is 11.8 Å². The maximum atomic E-state index is 5.63. The zero-order valence-electron chi connectivity index (χ0n) is 10.9. The number of hydrogen-bond donors (Lipinski definition) is 1. The van der Waals surface area contributed by atoms with E-state index in [0.717, 1.165) is 35.2 Å². The molecule has 0 saturated carbocycles. The monoisotopic (exact) mass is 325 g/mol. The van der Waals surface area contributed by atoms with E-state index in [1.165, 1.54) is 0 Å². The smallest absolute Gasteiger partial charge is 0.247 e. The van der Waals surface area contributed by atoms with Crippen LogP contribution >= 0.6 is 15.9 Å². The third-order valence-electron chi connectivity index (χ3n) is 2.68. The van der Waals surface area contributed by atoms with Crippen LogP contribution in [-0.4, -0.2) is 30.9 Å². The van der Waals surface area contributed by atoms with E-state index in [1.807, 2.05) is 25.2 Å². The maximum Gasteiger partial charge on any atom is 0.247 e. The summed E-state index contributed by atoms with van der Waals surface area (Å²) < 4.78 is 11.7. The minimum absolute atomic E-state index is 0.530. The van der Waals surface area contributed by atoms with Crippen molar-refractivity contribution in [3.63, 3.8) is 0 Å².